The Bertz CT molecular complexity index is 1170. The molecule has 1 amide bonds. The van der Waals surface area contributed by atoms with Crippen molar-refractivity contribution in [3.8, 4) is 0 Å². The van der Waals surface area contributed by atoms with Gasteiger partial charge in [0.1, 0.15) is 10.8 Å². The van der Waals surface area contributed by atoms with E-state index >= 15 is 0 Å². The maximum atomic E-state index is 13.1. The second-order valence-electron chi connectivity index (χ2n) is 6.93. The molecule has 4 rings (SSSR count). The van der Waals surface area contributed by atoms with Gasteiger partial charge in [-0.05, 0) is 53.9 Å². The van der Waals surface area contributed by atoms with Crippen LogP contribution in [-0.2, 0) is 13.0 Å². The second-order valence-corrected chi connectivity index (χ2v) is 8.03. The van der Waals surface area contributed by atoms with Crippen LogP contribution in [-0.4, -0.2) is 10.9 Å². The zero-order valence-electron chi connectivity index (χ0n) is 16.6. The Kier molecular flexibility index (Phi) is 6.10. The van der Waals surface area contributed by atoms with E-state index in [-0.39, 0.29) is 11.7 Å². The number of para-hydroxylation sites is 1. The molecule has 150 valence electrons. The summed E-state index contributed by atoms with van der Waals surface area (Å²) in [6, 6.07) is 24.0. The molecule has 0 unspecified atom stereocenters. The molecule has 1 aromatic heterocycles. The van der Waals surface area contributed by atoms with E-state index in [9.17, 15) is 9.18 Å². The third-order valence-electron chi connectivity index (χ3n) is 4.86. The number of nitrogens with one attached hydrogen (secondary N) is 1. The molecular weight excluding hydrogens is 395 g/mol. The lowest BCUT2D eigenvalue weighted by Crippen LogP contribution is -2.23. The summed E-state index contributed by atoms with van der Waals surface area (Å²) in [4.78, 5) is 18.8. The fourth-order valence-corrected chi connectivity index (χ4v) is 4.02. The highest BCUT2D eigenvalue weighted by atomic mass is 32.2. The molecule has 0 aliphatic heterocycles. The van der Waals surface area contributed by atoms with Gasteiger partial charge in [0, 0.05) is 16.8 Å². The first-order valence-corrected chi connectivity index (χ1v) is 10.6. The van der Waals surface area contributed by atoms with Crippen molar-refractivity contribution in [1.29, 1.82) is 0 Å². The molecule has 4 aromatic rings. The summed E-state index contributed by atoms with van der Waals surface area (Å²) in [7, 11) is 0. The average Bonchev–Trinajstić information content (AvgIpc) is 2.78. The number of benzene rings is 3. The van der Waals surface area contributed by atoms with E-state index in [0.717, 1.165) is 32.8 Å². The van der Waals surface area contributed by atoms with E-state index in [0.29, 0.717) is 12.1 Å². The van der Waals surface area contributed by atoms with Crippen LogP contribution in [0.5, 0.6) is 0 Å². The van der Waals surface area contributed by atoms with Crippen molar-refractivity contribution in [2.75, 3.05) is 0 Å². The largest absolute Gasteiger partial charge is 0.348 e. The van der Waals surface area contributed by atoms with Crippen LogP contribution in [0.25, 0.3) is 10.9 Å². The molecule has 0 saturated carbocycles. The molecule has 3 nitrogen and oxygen atoms in total. The van der Waals surface area contributed by atoms with Gasteiger partial charge in [0.2, 0.25) is 0 Å². The lowest BCUT2D eigenvalue weighted by Gasteiger charge is -2.11. The van der Waals surface area contributed by atoms with Gasteiger partial charge in [-0.25, -0.2) is 9.37 Å². The summed E-state index contributed by atoms with van der Waals surface area (Å²) in [5.74, 6) is -0.472. The lowest BCUT2D eigenvalue weighted by atomic mass is 10.1. The number of carbonyl (C=O) groups is 1. The van der Waals surface area contributed by atoms with Crippen molar-refractivity contribution in [3.63, 3.8) is 0 Å². The quantitative estimate of drug-likeness (QED) is 0.418. The van der Waals surface area contributed by atoms with E-state index < -0.39 is 0 Å². The first-order valence-electron chi connectivity index (χ1n) is 9.81. The van der Waals surface area contributed by atoms with Gasteiger partial charge in [0.15, 0.2) is 0 Å². The van der Waals surface area contributed by atoms with E-state index in [1.807, 2.05) is 30.3 Å². The van der Waals surface area contributed by atoms with Crippen molar-refractivity contribution >= 4 is 28.6 Å². The number of rotatable bonds is 6. The Hall–Kier alpha value is -3.18. The minimum absolute atomic E-state index is 0.180. The normalized spacial score (nSPS) is 10.9. The highest BCUT2D eigenvalue weighted by Gasteiger charge is 2.14. The predicted molar refractivity (Wildman–Crippen MR) is 119 cm³/mol. The number of aromatic nitrogens is 1. The zero-order valence-corrected chi connectivity index (χ0v) is 17.4. The molecule has 0 atom stereocenters. The number of pyridine rings is 1. The van der Waals surface area contributed by atoms with Gasteiger partial charge in [-0.15, -0.1) is 0 Å². The first-order chi connectivity index (χ1) is 14.6. The topological polar surface area (TPSA) is 42.0 Å². The van der Waals surface area contributed by atoms with E-state index in [1.54, 1.807) is 12.1 Å². The summed E-state index contributed by atoms with van der Waals surface area (Å²) >= 11 is 1.54. The molecule has 0 spiro atoms. The van der Waals surface area contributed by atoms with Crippen LogP contribution in [0, 0.1) is 5.82 Å². The summed E-state index contributed by atoms with van der Waals surface area (Å²) in [6.45, 7) is 2.46. The van der Waals surface area contributed by atoms with Crippen LogP contribution in [0.2, 0.25) is 0 Å². The summed E-state index contributed by atoms with van der Waals surface area (Å²) in [5, 5.41) is 4.51. The zero-order chi connectivity index (χ0) is 20.9. The van der Waals surface area contributed by atoms with Crippen LogP contribution >= 0.6 is 11.8 Å². The number of aryl methyl sites for hydroxylation is 1. The molecule has 30 heavy (non-hydrogen) atoms. The Labute approximate surface area is 179 Å². The van der Waals surface area contributed by atoms with Crippen molar-refractivity contribution in [2.45, 2.75) is 29.8 Å². The SMILES string of the molecule is CCc1ccc(Sc2cc(C(=O)NCc3ccc(F)cc3)c3ccccc3n2)cc1. The fourth-order valence-electron chi connectivity index (χ4n) is 3.19. The standard InChI is InChI=1S/C25H21FN2OS/c1-2-17-9-13-20(14-10-17)30-24-15-22(21-5-3-4-6-23(21)28-24)25(29)27-16-18-7-11-19(26)12-8-18/h3-15H,2,16H2,1H3,(H,27,29). The highest BCUT2D eigenvalue weighted by molar-refractivity contribution is 7.99. The lowest BCUT2D eigenvalue weighted by molar-refractivity contribution is 0.0952. The van der Waals surface area contributed by atoms with E-state index in [1.165, 1.54) is 29.5 Å². The van der Waals surface area contributed by atoms with Crippen molar-refractivity contribution < 1.29 is 9.18 Å². The molecule has 0 aliphatic rings. The fraction of sp³-hybridized carbons (Fsp3) is 0.120. The summed E-state index contributed by atoms with van der Waals surface area (Å²) < 4.78 is 13.1. The van der Waals surface area contributed by atoms with Gasteiger partial charge in [0.05, 0.1) is 11.1 Å². The van der Waals surface area contributed by atoms with Crippen LogP contribution < -0.4 is 5.32 Å². The number of nitrogens with zero attached hydrogens (tertiary/aromatic N) is 1. The molecular formula is C25H21FN2OS. The molecule has 1 N–H and O–H groups in total. The second kappa shape index (κ2) is 9.09. The number of amides is 1. The Morgan fingerprint density at radius 3 is 2.40 bits per heavy atom. The van der Waals surface area contributed by atoms with Crippen molar-refractivity contribution in [1.82, 2.24) is 10.3 Å². The third-order valence-corrected chi connectivity index (χ3v) is 5.78. The van der Waals surface area contributed by atoms with Crippen molar-refractivity contribution in [3.05, 3.63) is 101 Å². The first kappa shape index (κ1) is 20.1. The average molecular weight is 417 g/mol. The van der Waals surface area contributed by atoms with Gasteiger partial charge in [-0.2, -0.15) is 0 Å². The Morgan fingerprint density at radius 1 is 0.967 bits per heavy atom. The maximum Gasteiger partial charge on any atom is 0.252 e. The smallest absolute Gasteiger partial charge is 0.252 e. The van der Waals surface area contributed by atoms with E-state index in [4.69, 9.17) is 4.98 Å². The molecule has 1 heterocycles. The van der Waals surface area contributed by atoms with Gasteiger partial charge in [0.25, 0.3) is 5.91 Å². The molecule has 0 aliphatic carbocycles. The number of hydrogen-bond donors (Lipinski definition) is 1. The predicted octanol–water partition coefficient (Wildman–Crippen LogP) is 6.02. The number of carbonyl (C=O) groups excluding carboxylic acids is 1. The van der Waals surface area contributed by atoms with E-state index in [2.05, 4.69) is 36.5 Å². The van der Waals surface area contributed by atoms with Gasteiger partial charge in [-0.1, -0.05) is 61.2 Å². The Balaban J connectivity index is 1.60. The minimum atomic E-state index is -0.293. The monoisotopic (exact) mass is 416 g/mol. The third kappa shape index (κ3) is 4.69. The van der Waals surface area contributed by atoms with Gasteiger partial charge in [-0.3, -0.25) is 4.79 Å². The molecule has 5 heteroatoms. The van der Waals surface area contributed by atoms with Crippen LogP contribution in [0.3, 0.4) is 0 Å². The van der Waals surface area contributed by atoms with Crippen LogP contribution in [0.4, 0.5) is 4.39 Å². The van der Waals surface area contributed by atoms with Crippen LogP contribution in [0.15, 0.2) is 88.8 Å². The molecule has 0 fully saturated rings. The number of hydrogen-bond acceptors (Lipinski definition) is 3. The molecule has 0 radical (unpaired) electrons. The Morgan fingerprint density at radius 2 is 1.67 bits per heavy atom. The number of halogens is 1. The van der Waals surface area contributed by atoms with Gasteiger partial charge >= 0.3 is 0 Å². The van der Waals surface area contributed by atoms with Gasteiger partial charge < -0.3 is 5.32 Å². The summed E-state index contributed by atoms with van der Waals surface area (Å²) in [5.41, 5.74) is 3.48. The maximum absolute atomic E-state index is 13.1. The summed E-state index contributed by atoms with van der Waals surface area (Å²) in [6.07, 6.45) is 0.998. The molecule has 0 bridgehead atoms. The van der Waals surface area contributed by atoms with Crippen molar-refractivity contribution in [2.24, 2.45) is 0 Å². The highest BCUT2D eigenvalue weighted by Crippen LogP contribution is 2.30. The molecule has 3 aromatic carbocycles. The number of fused-ring (bicyclic) bond motifs is 1. The van der Waals surface area contributed by atoms with Crippen LogP contribution in [0.1, 0.15) is 28.4 Å². The molecule has 0 saturated heterocycles. The minimum Gasteiger partial charge on any atom is -0.348 e.